The molecular weight excluding hydrogens is 437 g/mol. The molecule has 0 radical (unpaired) electrons. The highest BCUT2D eigenvalue weighted by Crippen LogP contribution is 2.29. The molecular formula is C25H28FN5O3. The number of likely N-dealkylation sites (N-methyl/N-ethyl adjacent to an activating group) is 1. The van der Waals surface area contributed by atoms with Gasteiger partial charge in [-0.3, -0.25) is 19.9 Å². The van der Waals surface area contributed by atoms with Crippen molar-refractivity contribution in [1.82, 2.24) is 14.8 Å². The molecule has 1 N–H and O–H groups in total. The van der Waals surface area contributed by atoms with Crippen LogP contribution in [0.2, 0.25) is 0 Å². The minimum Gasteiger partial charge on any atom is -0.371 e. The molecule has 0 fully saturated rings. The average molecular weight is 466 g/mol. The Labute approximate surface area is 198 Å². The van der Waals surface area contributed by atoms with E-state index in [1.165, 1.54) is 18.2 Å². The Morgan fingerprint density at radius 2 is 1.85 bits per heavy atom. The molecule has 1 heterocycles. The first-order chi connectivity index (χ1) is 16.2. The van der Waals surface area contributed by atoms with E-state index >= 15 is 0 Å². The van der Waals surface area contributed by atoms with Crippen LogP contribution in [-0.4, -0.2) is 52.8 Å². The number of hydrogen-bond acceptors (Lipinski definition) is 6. The van der Waals surface area contributed by atoms with Gasteiger partial charge in [0.05, 0.1) is 16.7 Å². The predicted octanol–water partition coefficient (Wildman–Crippen LogP) is 4.51. The van der Waals surface area contributed by atoms with E-state index in [0.29, 0.717) is 18.8 Å². The number of nitro benzene ring substituents is 1. The highest BCUT2D eigenvalue weighted by atomic mass is 19.1. The fraction of sp³-hybridized carbons (Fsp3) is 0.280. The minimum atomic E-state index is -0.506. The van der Waals surface area contributed by atoms with Gasteiger partial charge in [-0.1, -0.05) is 18.2 Å². The smallest absolute Gasteiger partial charge is 0.293 e. The second-order valence-electron chi connectivity index (χ2n) is 8.27. The first-order valence-electron chi connectivity index (χ1n) is 10.9. The summed E-state index contributed by atoms with van der Waals surface area (Å²) in [5, 5.41) is 14.9. The molecule has 1 unspecified atom stereocenters. The summed E-state index contributed by atoms with van der Waals surface area (Å²) < 4.78 is 13.3. The zero-order chi connectivity index (χ0) is 24.7. The number of nitrogens with zero attached hydrogens (tertiary/aromatic N) is 4. The third-order valence-corrected chi connectivity index (χ3v) is 5.34. The average Bonchev–Trinajstić information content (AvgIpc) is 2.83. The number of amides is 1. The molecule has 0 saturated carbocycles. The lowest BCUT2D eigenvalue weighted by atomic mass is 10.1. The lowest BCUT2D eigenvalue weighted by molar-refractivity contribution is -0.384. The highest BCUT2D eigenvalue weighted by molar-refractivity contribution is 5.95. The molecule has 3 rings (SSSR count). The summed E-state index contributed by atoms with van der Waals surface area (Å²) in [5.41, 5.74) is 1.83. The van der Waals surface area contributed by atoms with Gasteiger partial charge in [0.2, 0.25) is 0 Å². The van der Waals surface area contributed by atoms with Crippen molar-refractivity contribution in [2.24, 2.45) is 0 Å². The molecule has 1 amide bonds. The lowest BCUT2D eigenvalue weighted by Gasteiger charge is -2.25. The Morgan fingerprint density at radius 1 is 1.12 bits per heavy atom. The van der Waals surface area contributed by atoms with Crippen LogP contribution in [-0.2, 0) is 6.54 Å². The van der Waals surface area contributed by atoms with Crippen LogP contribution >= 0.6 is 0 Å². The van der Waals surface area contributed by atoms with Crippen molar-refractivity contribution in [1.29, 1.82) is 0 Å². The Kier molecular flexibility index (Phi) is 8.26. The molecule has 1 atom stereocenters. The number of pyridine rings is 1. The van der Waals surface area contributed by atoms with Crippen molar-refractivity contribution < 1.29 is 14.1 Å². The zero-order valence-electron chi connectivity index (χ0n) is 19.4. The summed E-state index contributed by atoms with van der Waals surface area (Å²) in [6, 6.07) is 15.6. The van der Waals surface area contributed by atoms with Crippen LogP contribution in [0.15, 0.2) is 66.9 Å². The molecule has 2 aromatic carbocycles. The molecule has 3 aromatic rings. The molecule has 0 aliphatic heterocycles. The number of aromatic nitrogens is 1. The number of carbonyl (C=O) groups excluding carboxylic acids is 1. The largest absolute Gasteiger partial charge is 0.371 e. The molecule has 0 spiro atoms. The third kappa shape index (κ3) is 6.58. The number of carbonyl (C=O) groups is 1. The normalized spacial score (nSPS) is 11.8. The maximum absolute atomic E-state index is 13.3. The van der Waals surface area contributed by atoms with Crippen molar-refractivity contribution in [2.75, 3.05) is 32.5 Å². The van der Waals surface area contributed by atoms with Crippen LogP contribution in [0.5, 0.6) is 0 Å². The number of nitrogens with one attached hydrogen (secondary N) is 1. The molecule has 1 aromatic heterocycles. The summed E-state index contributed by atoms with van der Waals surface area (Å²) in [6.45, 7) is 3.14. The molecule has 9 heteroatoms. The van der Waals surface area contributed by atoms with Crippen molar-refractivity contribution in [3.63, 3.8) is 0 Å². The lowest BCUT2D eigenvalue weighted by Crippen LogP contribution is -2.36. The fourth-order valence-corrected chi connectivity index (χ4v) is 3.44. The third-order valence-electron chi connectivity index (χ3n) is 5.34. The first kappa shape index (κ1) is 24.8. The number of hydrogen-bond donors (Lipinski definition) is 1. The quantitative estimate of drug-likeness (QED) is 0.350. The Morgan fingerprint density at radius 3 is 2.47 bits per heavy atom. The fourth-order valence-electron chi connectivity index (χ4n) is 3.44. The Bertz CT molecular complexity index is 1120. The number of halogens is 1. The SMILES string of the molecule is CC(Nc1ccc(C(=O)N(CCN(C)C)Cc2ccc(F)cc2)cc1[N+](=O)[O-])c1ccccn1. The van der Waals surface area contributed by atoms with Crippen LogP contribution in [0.3, 0.4) is 0 Å². The number of anilines is 1. The van der Waals surface area contributed by atoms with Crippen LogP contribution in [0.1, 0.15) is 34.6 Å². The van der Waals surface area contributed by atoms with E-state index in [0.717, 1.165) is 11.3 Å². The van der Waals surface area contributed by atoms with Crippen LogP contribution in [0.25, 0.3) is 0 Å². The second kappa shape index (κ2) is 11.3. The van der Waals surface area contributed by atoms with Crippen molar-refractivity contribution >= 4 is 17.3 Å². The minimum absolute atomic E-state index is 0.192. The number of nitro groups is 1. The van der Waals surface area contributed by atoms with Gasteiger partial charge in [-0.2, -0.15) is 0 Å². The van der Waals surface area contributed by atoms with E-state index in [4.69, 9.17) is 0 Å². The van der Waals surface area contributed by atoms with Gasteiger partial charge in [-0.05, 0) is 63.0 Å². The predicted molar refractivity (Wildman–Crippen MR) is 129 cm³/mol. The van der Waals surface area contributed by atoms with E-state index in [1.807, 2.05) is 38.1 Å². The van der Waals surface area contributed by atoms with Gasteiger partial charge in [0.15, 0.2) is 0 Å². The van der Waals surface area contributed by atoms with Gasteiger partial charge >= 0.3 is 0 Å². The molecule has 34 heavy (non-hydrogen) atoms. The van der Waals surface area contributed by atoms with Crippen LogP contribution in [0, 0.1) is 15.9 Å². The van der Waals surface area contributed by atoms with Gasteiger partial charge in [0.25, 0.3) is 11.6 Å². The summed E-state index contributed by atoms with van der Waals surface area (Å²) in [5.74, 6) is -0.688. The summed E-state index contributed by atoms with van der Waals surface area (Å²) in [7, 11) is 3.79. The van der Waals surface area contributed by atoms with E-state index in [2.05, 4.69) is 10.3 Å². The molecule has 0 aliphatic rings. The Balaban J connectivity index is 1.85. The number of benzene rings is 2. The second-order valence-corrected chi connectivity index (χ2v) is 8.27. The number of rotatable bonds is 10. The maximum atomic E-state index is 13.3. The molecule has 178 valence electrons. The zero-order valence-corrected chi connectivity index (χ0v) is 19.4. The van der Waals surface area contributed by atoms with Crippen LogP contribution in [0.4, 0.5) is 15.8 Å². The maximum Gasteiger partial charge on any atom is 0.293 e. The van der Waals surface area contributed by atoms with Gasteiger partial charge in [0, 0.05) is 37.5 Å². The summed E-state index contributed by atoms with van der Waals surface area (Å²) in [6.07, 6.45) is 1.66. The molecule has 0 aliphatic carbocycles. The van der Waals surface area contributed by atoms with E-state index in [9.17, 15) is 19.3 Å². The molecule has 0 saturated heterocycles. The molecule has 0 bridgehead atoms. The first-order valence-corrected chi connectivity index (χ1v) is 10.9. The standard InChI is InChI=1S/C25H28FN5O3/c1-18(22-6-4-5-13-27-22)28-23-12-9-20(16-24(23)31(33)34)25(32)30(15-14-29(2)3)17-19-7-10-21(26)11-8-19/h4-13,16,18,28H,14-15,17H2,1-3H3. The van der Waals surface area contributed by atoms with Crippen molar-refractivity contribution in [3.8, 4) is 0 Å². The Hall–Kier alpha value is -3.85. The molecule has 8 nitrogen and oxygen atoms in total. The van der Waals surface area contributed by atoms with Crippen molar-refractivity contribution in [2.45, 2.75) is 19.5 Å². The van der Waals surface area contributed by atoms with E-state index < -0.39 is 4.92 Å². The summed E-state index contributed by atoms with van der Waals surface area (Å²) in [4.78, 5) is 32.5. The van der Waals surface area contributed by atoms with E-state index in [-0.39, 0.29) is 35.6 Å². The van der Waals surface area contributed by atoms with Gasteiger partial charge in [0.1, 0.15) is 11.5 Å². The summed E-state index contributed by atoms with van der Waals surface area (Å²) >= 11 is 0. The topological polar surface area (TPSA) is 91.6 Å². The van der Waals surface area contributed by atoms with Crippen molar-refractivity contribution in [3.05, 3.63) is 99.6 Å². The van der Waals surface area contributed by atoms with Gasteiger partial charge in [-0.15, -0.1) is 0 Å². The van der Waals surface area contributed by atoms with Gasteiger partial charge in [-0.25, -0.2) is 4.39 Å². The van der Waals surface area contributed by atoms with Gasteiger partial charge < -0.3 is 15.1 Å². The van der Waals surface area contributed by atoms with Crippen LogP contribution < -0.4 is 5.32 Å². The van der Waals surface area contributed by atoms with E-state index in [1.54, 1.807) is 41.4 Å². The highest BCUT2D eigenvalue weighted by Gasteiger charge is 2.23. The monoisotopic (exact) mass is 465 g/mol.